The Morgan fingerprint density at radius 1 is 1.12 bits per heavy atom. The van der Waals surface area contributed by atoms with Crippen LogP contribution in [0.5, 0.6) is 0 Å². The Kier molecular flexibility index (Phi) is 6.78. The molecule has 1 amide bonds. The lowest BCUT2D eigenvalue weighted by Crippen LogP contribution is -2.32. The first kappa shape index (κ1) is 19.5. The third-order valence-corrected chi connectivity index (χ3v) is 4.16. The topological polar surface area (TPSA) is 58.6 Å². The summed E-state index contributed by atoms with van der Waals surface area (Å²) in [6.07, 6.45) is 0.758. The minimum atomic E-state index is -0.507. The number of ether oxygens (including phenoxy) is 1. The van der Waals surface area contributed by atoms with Gasteiger partial charge in [-0.25, -0.2) is 4.79 Å². The van der Waals surface area contributed by atoms with Crippen LogP contribution in [0.15, 0.2) is 48.5 Å². The summed E-state index contributed by atoms with van der Waals surface area (Å²) in [7, 11) is 3.79. The van der Waals surface area contributed by atoms with E-state index in [-0.39, 0.29) is 18.6 Å². The number of hydrogen-bond donors (Lipinski definition) is 1. The SMILES string of the molecule is CC[C@H](NC(=O)COC(=O)c1cccc(N(C)C)c1)c1ccc(C)cc1. The molecule has 0 radical (unpaired) electrons. The second kappa shape index (κ2) is 9.04. The molecular formula is C21H26N2O3. The highest BCUT2D eigenvalue weighted by atomic mass is 16.5. The number of rotatable bonds is 7. The summed E-state index contributed by atoms with van der Waals surface area (Å²) in [6, 6.07) is 15.0. The van der Waals surface area contributed by atoms with Crippen LogP contribution < -0.4 is 10.2 Å². The molecule has 0 saturated carbocycles. The second-order valence-electron chi connectivity index (χ2n) is 6.46. The maximum absolute atomic E-state index is 12.2. The number of carbonyl (C=O) groups is 2. The van der Waals surface area contributed by atoms with E-state index < -0.39 is 5.97 Å². The molecule has 0 aliphatic carbocycles. The van der Waals surface area contributed by atoms with E-state index in [1.165, 1.54) is 5.56 Å². The molecule has 1 N–H and O–H groups in total. The molecular weight excluding hydrogens is 328 g/mol. The second-order valence-corrected chi connectivity index (χ2v) is 6.46. The summed E-state index contributed by atoms with van der Waals surface area (Å²) < 4.78 is 5.16. The zero-order valence-corrected chi connectivity index (χ0v) is 15.8. The van der Waals surface area contributed by atoms with Gasteiger partial charge in [0.05, 0.1) is 11.6 Å². The van der Waals surface area contributed by atoms with E-state index >= 15 is 0 Å². The van der Waals surface area contributed by atoms with Gasteiger partial charge in [0.2, 0.25) is 0 Å². The van der Waals surface area contributed by atoms with Crippen molar-refractivity contribution in [3.05, 3.63) is 65.2 Å². The number of amides is 1. The smallest absolute Gasteiger partial charge is 0.338 e. The summed E-state index contributed by atoms with van der Waals surface area (Å²) >= 11 is 0. The maximum Gasteiger partial charge on any atom is 0.338 e. The van der Waals surface area contributed by atoms with Gasteiger partial charge in [0.1, 0.15) is 0 Å². The number of carbonyl (C=O) groups excluding carboxylic acids is 2. The molecule has 5 heteroatoms. The molecule has 2 aromatic rings. The van der Waals surface area contributed by atoms with Crippen molar-refractivity contribution in [3.63, 3.8) is 0 Å². The quantitative estimate of drug-likeness (QED) is 0.774. The normalized spacial score (nSPS) is 11.5. The molecule has 0 aromatic heterocycles. The largest absolute Gasteiger partial charge is 0.452 e. The number of nitrogens with zero attached hydrogens (tertiary/aromatic N) is 1. The van der Waals surface area contributed by atoms with E-state index in [4.69, 9.17) is 4.74 Å². The molecule has 0 fully saturated rings. The maximum atomic E-state index is 12.2. The molecule has 0 aliphatic heterocycles. The molecule has 0 unspecified atom stereocenters. The number of aryl methyl sites for hydroxylation is 1. The van der Waals surface area contributed by atoms with E-state index in [0.717, 1.165) is 17.7 Å². The molecule has 1 atom stereocenters. The Labute approximate surface area is 155 Å². The summed E-state index contributed by atoms with van der Waals surface area (Å²) in [5, 5.41) is 2.91. The third kappa shape index (κ3) is 5.34. The Balaban J connectivity index is 1.92. The van der Waals surface area contributed by atoms with Crippen LogP contribution in [0.1, 0.15) is 40.9 Å². The minimum absolute atomic E-state index is 0.0983. The van der Waals surface area contributed by atoms with Crippen LogP contribution in [-0.2, 0) is 9.53 Å². The first-order valence-corrected chi connectivity index (χ1v) is 8.71. The van der Waals surface area contributed by atoms with Crippen molar-refractivity contribution >= 4 is 17.6 Å². The predicted octanol–water partition coefficient (Wildman–Crippen LogP) is 3.49. The zero-order chi connectivity index (χ0) is 19.1. The van der Waals surface area contributed by atoms with E-state index in [9.17, 15) is 9.59 Å². The minimum Gasteiger partial charge on any atom is -0.452 e. The van der Waals surface area contributed by atoms with Gasteiger partial charge < -0.3 is 15.0 Å². The highest BCUT2D eigenvalue weighted by Gasteiger charge is 2.15. The first-order valence-electron chi connectivity index (χ1n) is 8.71. The molecule has 26 heavy (non-hydrogen) atoms. The highest BCUT2D eigenvalue weighted by Crippen LogP contribution is 2.17. The number of anilines is 1. The predicted molar refractivity (Wildman–Crippen MR) is 103 cm³/mol. The van der Waals surface area contributed by atoms with Crippen molar-refractivity contribution in [1.82, 2.24) is 5.32 Å². The molecule has 0 bridgehead atoms. The summed E-state index contributed by atoms with van der Waals surface area (Å²) in [5.74, 6) is -0.818. The molecule has 2 aromatic carbocycles. The number of esters is 1. The van der Waals surface area contributed by atoms with Gasteiger partial charge in [-0.05, 0) is 37.1 Å². The molecule has 138 valence electrons. The van der Waals surface area contributed by atoms with Crippen molar-refractivity contribution in [2.75, 3.05) is 25.6 Å². The van der Waals surface area contributed by atoms with E-state index in [1.807, 2.05) is 63.2 Å². The average Bonchev–Trinajstić information content (AvgIpc) is 2.65. The van der Waals surface area contributed by atoms with E-state index in [1.54, 1.807) is 18.2 Å². The lowest BCUT2D eigenvalue weighted by atomic mass is 10.0. The van der Waals surface area contributed by atoms with Gasteiger partial charge in [-0.2, -0.15) is 0 Å². The van der Waals surface area contributed by atoms with Crippen LogP contribution >= 0.6 is 0 Å². The van der Waals surface area contributed by atoms with Crippen LogP contribution in [0.2, 0.25) is 0 Å². The van der Waals surface area contributed by atoms with Gasteiger partial charge in [0.15, 0.2) is 6.61 Å². The van der Waals surface area contributed by atoms with Crippen LogP contribution in [0.4, 0.5) is 5.69 Å². The number of benzene rings is 2. The first-order chi connectivity index (χ1) is 12.4. The van der Waals surface area contributed by atoms with Gasteiger partial charge in [0.25, 0.3) is 5.91 Å². The van der Waals surface area contributed by atoms with Crippen molar-refractivity contribution in [1.29, 1.82) is 0 Å². The number of hydrogen-bond acceptors (Lipinski definition) is 4. The monoisotopic (exact) mass is 354 g/mol. The van der Waals surface area contributed by atoms with E-state index in [0.29, 0.717) is 5.56 Å². The fourth-order valence-corrected chi connectivity index (χ4v) is 2.58. The molecule has 5 nitrogen and oxygen atoms in total. The van der Waals surface area contributed by atoms with Gasteiger partial charge in [-0.15, -0.1) is 0 Å². The molecule has 0 spiro atoms. The zero-order valence-electron chi connectivity index (χ0n) is 15.8. The van der Waals surface area contributed by atoms with Crippen LogP contribution in [0.25, 0.3) is 0 Å². The van der Waals surface area contributed by atoms with E-state index in [2.05, 4.69) is 5.32 Å². The summed E-state index contributed by atoms with van der Waals surface area (Å²) in [4.78, 5) is 26.2. The number of nitrogens with one attached hydrogen (secondary N) is 1. The molecule has 0 aliphatic rings. The lowest BCUT2D eigenvalue weighted by molar-refractivity contribution is -0.125. The summed E-state index contributed by atoms with van der Waals surface area (Å²) in [6.45, 7) is 3.73. The lowest BCUT2D eigenvalue weighted by Gasteiger charge is -2.18. The fraction of sp³-hybridized carbons (Fsp3) is 0.333. The molecule has 2 rings (SSSR count). The van der Waals surface area contributed by atoms with Gasteiger partial charge in [-0.3, -0.25) is 4.79 Å². The summed E-state index contributed by atoms with van der Waals surface area (Å²) in [5.41, 5.74) is 3.53. The highest BCUT2D eigenvalue weighted by molar-refractivity contribution is 5.92. The standard InChI is InChI=1S/C21H26N2O3/c1-5-19(16-11-9-15(2)10-12-16)22-20(24)14-26-21(25)17-7-6-8-18(13-17)23(3)4/h6-13,19H,5,14H2,1-4H3,(H,22,24)/t19-/m0/s1. The van der Waals surface area contributed by atoms with Crippen LogP contribution in [0, 0.1) is 6.92 Å². The fourth-order valence-electron chi connectivity index (χ4n) is 2.58. The van der Waals surface area contributed by atoms with Crippen molar-refractivity contribution < 1.29 is 14.3 Å². The van der Waals surface area contributed by atoms with Gasteiger partial charge >= 0.3 is 5.97 Å². The average molecular weight is 354 g/mol. The molecule has 0 heterocycles. The Bertz CT molecular complexity index is 754. The van der Waals surface area contributed by atoms with Crippen LogP contribution in [0.3, 0.4) is 0 Å². The Hall–Kier alpha value is -2.82. The van der Waals surface area contributed by atoms with Crippen molar-refractivity contribution in [2.45, 2.75) is 26.3 Å². The van der Waals surface area contributed by atoms with Crippen LogP contribution in [-0.4, -0.2) is 32.6 Å². The van der Waals surface area contributed by atoms with Crippen molar-refractivity contribution in [3.8, 4) is 0 Å². The van der Waals surface area contributed by atoms with Gasteiger partial charge in [-0.1, -0.05) is 42.8 Å². The third-order valence-electron chi connectivity index (χ3n) is 4.16. The van der Waals surface area contributed by atoms with Crippen molar-refractivity contribution in [2.24, 2.45) is 0 Å². The molecule has 0 saturated heterocycles. The Morgan fingerprint density at radius 3 is 2.42 bits per heavy atom. The van der Waals surface area contributed by atoms with Gasteiger partial charge in [0, 0.05) is 19.8 Å². The Morgan fingerprint density at radius 2 is 1.81 bits per heavy atom.